The number of benzene rings is 2. The molecule has 0 amide bonds. The van der Waals surface area contributed by atoms with Crippen molar-refractivity contribution in [2.75, 3.05) is 40.3 Å². The molecule has 1 atom stereocenters. The van der Waals surface area contributed by atoms with Crippen LogP contribution in [-0.4, -0.2) is 50.1 Å². The normalized spacial score (nSPS) is 16.2. The van der Waals surface area contributed by atoms with Gasteiger partial charge in [-0.25, -0.2) is 0 Å². The summed E-state index contributed by atoms with van der Waals surface area (Å²) in [5.74, 6) is 0.748. The summed E-state index contributed by atoms with van der Waals surface area (Å²) in [6.45, 7) is 4.61. The van der Waals surface area contributed by atoms with E-state index in [4.69, 9.17) is 27.9 Å². The summed E-state index contributed by atoms with van der Waals surface area (Å²) in [7, 11) is 4.17. The van der Waals surface area contributed by atoms with Crippen LogP contribution in [0.2, 0.25) is 10.0 Å². The van der Waals surface area contributed by atoms with Gasteiger partial charge in [-0.05, 0) is 69.7 Å². The van der Waals surface area contributed by atoms with E-state index in [0.717, 1.165) is 31.7 Å². The topological polar surface area (TPSA) is 15.7 Å². The van der Waals surface area contributed by atoms with Crippen molar-refractivity contribution < 1.29 is 4.74 Å². The molecule has 1 heterocycles. The Hall–Kier alpha value is -1.26. The van der Waals surface area contributed by atoms with Gasteiger partial charge in [0.2, 0.25) is 0 Å². The van der Waals surface area contributed by atoms with Crippen LogP contribution < -0.4 is 4.74 Å². The first-order valence-corrected chi connectivity index (χ1v) is 11.3. The number of rotatable bonds is 9. The molecule has 3 rings (SSSR count). The summed E-state index contributed by atoms with van der Waals surface area (Å²) in [6, 6.07) is 14.4. The van der Waals surface area contributed by atoms with Crippen molar-refractivity contribution >= 4 is 23.2 Å². The lowest BCUT2D eigenvalue weighted by Gasteiger charge is -2.26. The first-order chi connectivity index (χ1) is 14.0. The van der Waals surface area contributed by atoms with Gasteiger partial charge in [0.15, 0.2) is 0 Å². The molecule has 1 unspecified atom stereocenters. The minimum absolute atomic E-state index is 0.0224. The monoisotopic (exact) mass is 434 g/mol. The molecule has 2 aromatic carbocycles. The highest BCUT2D eigenvalue weighted by Gasteiger charge is 2.15. The molecule has 0 N–H and O–H groups in total. The van der Waals surface area contributed by atoms with E-state index in [2.05, 4.69) is 48.2 Å². The zero-order valence-corrected chi connectivity index (χ0v) is 19.1. The van der Waals surface area contributed by atoms with E-state index >= 15 is 0 Å². The fourth-order valence-electron chi connectivity index (χ4n) is 3.75. The fraction of sp³-hybridized carbons (Fsp3) is 0.500. The van der Waals surface area contributed by atoms with E-state index in [1.807, 2.05) is 6.07 Å². The van der Waals surface area contributed by atoms with Crippen molar-refractivity contribution in [1.29, 1.82) is 0 Å². The Labute approximate surface area is 185 Å². The number of halogens is 2. The van der Waals surface area contributed by atoms with Crippen molar-refractivity contribution in [1.82, 2.24) is 9.80 Å². The Balaban J connectivity index is 1.65. The first-order valence-electron chi connectivity index (χ1n) is 10.6. The highest BCUT2D eigenvalue weighted by Crippen LogP contribution is 2.31. The molecule has 2 aromatic rings. The molecule has 0 spiro atoms. The molecular weight excluding hydrogens is 403 g/mol. The zero-order valence-electron chi connectivity index (χ0n) is 17.5. The quantitative estimate of drug-likeness (QED) is 0.474. The molecule has 5 heteroatoms. The summed E-state index contributed by atoms with van der Waals surface area (Å²) in [5.41, 5.74) is 2.58. The molecule has 1 fully saturated rings. The second-order valence-corrected chi connectivity index (χ2v) is 8.98. The smallest absolute Gasteiger partial charge is 0.125 e. The van der Waals surface area contributed by atoms with Gasteiger partial charge >= 0.3 is 0 Å². The van der Waals surface area contributed by atoms with E-state index in [1.54, 1.807) is 12.1 Å². The summed E-state index contributed by atoms with van der Waals surface area (Å²) < 4.78 is 6.30. The largest absolute Gasteiger partial charge is 0.486 e. The fourth-order valence-corrected chi connectivity index (χ4v) is 4.04. The van der Waals surface area contributed by atoms with Crippen molar-refractivity contribution in [2.24, 2.45) is 0 Å². The SMILES string of the molecule is CN(C)CCC(Oc1ccc(Cl)c(Cl)c1)c1ccc(CCN2CCCCC2)cc1. The van der Waals surface area contributed by atoms with Crippen LogP contribution in [0.5, 0.6) is 5.75 Å². The van der Waals surface area contributed by atoms with E-state index in [-0.39, 0.29) is 6.10 Å². The zero-order chi connectivity index (χ0) is 20.6. The standard InChI is InChI=1S/C24H32Cl2N2O/c1-27(2)16-13-24(29-21-10-11-22(25)23(26)18-21)20-8-6-19(7-9-20)12-17-28-14-4-3-5-15-28/h6-11,18,24H,3-5,12-17H2,1-2H3. The van der Waals surface area contributed by atoms with Crippen LogP contribution in [-0.2, 0) is 6.42 Å². The Morgan fingerprint density at radius 2 is 1.69 bits per heavy atom. The molecule has 0 bridgehead atoms. The van der Waals surface area contributed by atoms with Crippen molar-refractivity contribution in [3.63, 3.8) is 0 Å². The second kappa shape index (κ2) is 11.2. The summed E-state index contributed by atoms with van der Waals surface area (Å²) in [5, 5.41) is 1.06. The third-order valence-corrected chi connectivity index (χ3v) is 6.26. The van der Waals surface area contributed by atoms with Crippen LogP contribution in [0.15, 0.2) is 42.5 Å². The maximum Gasteiger partial charge on any atom is 0.125 e. The third kappa shape index (κ3) is 7.18. The van der Waals surface area contributed by atoms with Gasteiger partial charge in [-0.2, -0.15) is 0 Å². The Kier molecular flexibility index (Phi) is 8.68. The number of nitrogens with zero attached hydrogens (tertiary/aromatic N) is 2. The molecule has 1 aliphatic heterocycles. The maximum absolute atomic E-state index is 6.30. The van der Waals surface area contributed by atoms with Crippen LogP contribution in [0.1, 0.15) is 42.9 Å². The first kappa shape index (κ1) is 22.4. The highest BCUT2D eigenvalue weighted by molar-refractivity contribution is 6.42. The van der Waals surface area contributed by atoms with Crippen LogP contribution in [0.25, 0.3) is 0 Å². The Bertz CT molecular complexity index is 758. The van der Waals surface area contributed by atoms with Gasteiger partial charge in [0, 0.05) is 25.6 Å². The van der Waals surface area contributed by atoms with E-state index in [0.29, 0.717) is 10.0 Å². The van der Waals surface area contributed by atoms with E-state index in [9.17, 15) is 0 Å². The van der Waals surface area contributed by atoms with Gasteiger partial charge < -0.3 is 14.5 Å². The number of hydrogen-bond donors (Lipinski definition) is 0. The Morgan fingerprint density at radius 1 is 0.966 bits per heavy atom. The van der Waals surface area contributed by atoms with Crippen molar-refractivity contribution in [2.45, 2.75) is 38.2 Å². The van der Waals surface area contributed by atoms with Gasteiger partial charge in [0.25, 0.3) is 0 Å². The van der Waals surface area contributed by atoms with E-state index in [1.165, 1.54) is 43.5 Å². The average Bonchev–Trinajstić information content (AvgIpc) is 2.73. The number of piperidine rings is 1. The number of ether oxygens (including phenoxy) is 1. The van der Waals surface area contributed by atoms with Crippen molar-refractivity contribution in [3.05, 3.63) is 63.6 Å². The summed E-state index contributed by atoms with van der Waals surface area (Å²) >= 11 is 12.2. The van der Waals surface area contributed by atoms with Gasteiger partial charge in [-0.3, -0.25) is 0 Å². The lowest BCUT2D eigenvalue weighted by atomic mass is 10.0. The lowest BCUT2D eigenvalue weighted by molar-refractivity contribution is 0.179. The van der Waals surface area contributed by atoms with Crippen LogP contribution in [0, 0.1) is 0 Å². The molecule has 3 nitrogen and oxygen atoms in total. The second-order valence-electron chi connectivity index (χ2n) is 8.17. The molecular formula is C24H32Cl2N2O. The molecule has 0 aromatic heterocycles. The number of hydrogen-bond acceptors (Lipinski definition) is 3. The molecule has 0 radical (unpaired) electrons. The summed E-state index contributed by atoms with van der Waals surface area (Å²) in [4.78, 5) is 4.77. The van der Waals surface area contributed by atoms with Crippen LogP contribution in [0.3, 0.4) is 0 Å². The van der Waals surface area contributed by atoms with E-state index < -0.39 is 0 Å². The maximum atomic E-state index is 6.30. The van der Waals surface area contributed by atoms with Gasteiger partial charge in [-0.15, -0.1) is 0 Å². The molecule has 29 heavy (non-hydrogen) atoms. The third-order valence-electron chi connectivity index (χ3n) is 5.52. The molecule has 158 valence electrons. The van der Waals surface area contributed by atoms with Crippen LogP contribution >= 0.6 is 23.2 Å². The van der Waals surface area contributed by atoms with Gasteiger partial charge in [0.05, 0.1) is 10.0 Å². The minimum Gasteiger partial charge on any atom is -0.486 e. The highest BCUT2D eigenvalue weighted by atomic mass is 35.5. The Morgan fingerprint density at radius 3 is 2.34 bits per heavy atom. The predicted molar refractivity (Wildman–Crippen MR) is 123 cm³/mol. The molecule has 0 saturated carbocycles. The van der Waals surface area contributed by atoms with Gasteiger partial charge in [-0.1, -0.05) is 53.9 Å². The van der Waals surface area contributed by atoms with Crippen LogP contribution in [0.4, 0.5) is 0 Å². The predicted octanol–water partition coefficient (Wildman–Crippen LogP) is 6.09. The van der Waals surface area contributed by atoms with Crippen molar-refractivity contribution in [3.8, 4) is 5.75 Å². The molecule has 1 saturated heterocycles. The lowest BCUT2D eigenvalue weighted by Crippen LogP contribution is -2.31. The molecule has 1 aliphatic rings. The average molecular weight is 435 g/mol. The van der Waals surface area contributed by atoms with Gasteiger partial charge in [0.1, 0.15) is 11.9 Å². The molecule has 0 aliphatic carbocycles. The summed E-state index contributed by atoms with van der Waals surface area (Å²) in [6.07, 6.45) is 6.07. The minimum atomic E-state index is -0.0224. The number of likely N-dealkylation sites (tertiary alicyclic amines) is 1.